The van der Waals surface area contributed by atoms with E-state index in [0.29, 0.717) is 10.4 Å². The molecule has 1 aromatic rings. The van der Waals surface area contributed by atoms with E-state index in [2.05, 4.69) is 21.2 Å². The smallest absolute Gasteiger partial charge is 0.270 e. The number of aliphatic hydroxyl groups is 1. The highest BCUT2D eigenvalue weighted by atomic mass is 79.9. The van der Waals surface area contributed by atoms with E-state index in [1.165, 1.54) is 12.1 Å². The third-order valence-corrected chi connectivity index (χ3v) is 4.16. The number of non-ortho nitro benzene ring substituents is 1. The molecule has 1 fully saturated rings. The molecule has 2 N–H and O–H groups in total. The molecule has 2 rings (SSSR count). The van der Waals surface area contributed by atoms with Crippen molar-refractivity contribution in [2.24, 2.45) is 5.92 Å². The van der Waals surface area contributed by atoms with Gasteiger partial charge in [-0.15, -0.1) is 0 Å². The zero-order valence-electron chi connectivity index (χ0n) is 10.5. The summed E-state index contributed by atoms with van der Waals surface area (Å²) in [5.41, 5.74) is 0.927. The third kappa shape index (κ3) is 3.91. The average Bonchev–Trinajstić information content (AvgIpc) is 2.37. The Balaban J connectivity index is 1.94. The summed E-state index contributed by atoms with van der Waals surface area (Å²) in [6, 6.07) is 4.70. The van der Waals surface area contributed by atoms with Gasteiger partial charge < -0.3 is 10.4 Å². The zero-order chi connectivity index (χ0) is 13.8. The third-order valence-electron chi connectivity index (χ3n) is 3.50. The fourth-order valence-corrected chi connectivity index (χ4v) is 2.97. The molecular weight excluding hydrogens is 312 g/mol. The molecule has 0 bridgehead atoms. The molecule has 0 radical (unpaired) electrons. The second-order valence-corrected chi connectivity index (χ2v) is 5.84. The van der Waals surface area contributed by atoms with Crippen LogP contribution in [0, 0.1) is 16.0 Å². The van der Waals surface area contributed by atoms with Gasteiger partial charge in [0.15, 0.2) is 0 Å². The van der Waals surface area contributed by atoms with Crippen molar-refractivity contribution in [2.45, 2.75) is 31.8 Å². The number of halogens is 1. The summed E-state index contributed by atoms with van der Waals surface area (Å²) in [6.07, 6.45) is 3.74. The van der Waals surface area contributed by atoms with E-state index in [1.54, 1.807) is 6.07 Å². The number of hydrogen-bond donors (Lipinski definition) is 2. The van der Waals surface area contributed by atoms with Gasteiger partial charge in [-0.05, 0) is 47.2 Å². The van der Waals surface area contributed by atoms with Crippen LogP contribution < -0.4 is 5.32 Å². The van der Waals surface area contributed by atoms with Gasteiger partial charge in [-0.25, -0.2) is 0 Å². The van der Waals surface area contributed by atoms with E-state index in [-0.39, 0.29) is 11.8 Å². The lowest BCUT2D eigenvalue weighted by atomic mass is 9.87. The van der Waals surface area contributed by atoms with Crippen molar-refractivity contribution in [2.75, 3.05) is 11.9 Å². The first-order chi connectivity index (χ1) is 9.06. The van der Waals surface area contributed by atoms with Gasteiger partial charge in [-0.2, -0.15) is 0 Å². The number of aliphatic hydroxyl groups excluding tert-OH is 1. The number of hydrogen-bond acceptors (Lipinski definition) is 4. The van der Waals surface area contributed by atoms with Crippen molar-refractivity contribution in [1.82, 2.24) is 0 Å². The summed E-state index contributed by atoms with van der Waals surface area (Å²) < 4.78 is 0.693. The van der Waals surface area contributed by atoms with Crippen LogP contribution in [-0.4, -0.2) is 22.7 Å². The van der Waals surface area contributed by atoms with Gasteiger partial charge in [0.05, 0.1) is 11.0 Å². The van der Waals surface area contributed by atoms with Crippen molar-refractivity contribution in [3.63, 3.8) is 0 Å². The largest absolute Gasteiger partial charge is 0.393 e. The van der Waals surface area contributed by atoms with Crippen molar-refractivity contribution >= 4 is 27.3 Å². The Morgan fingerprint density at radius 1 is 1.47 bits per heavy atom. The molecule has 2 atom stereocenters. The minimum atomic E-state index is -0.411. The molecule has 19 heavy (non-hydrogen) atoms. The molecule has 1 aromatic carbocycles. The average molecular weight is 329 g/mol. The van der Waals surface area contributed by atoms with Crippen LogP contribution in [0.1, 0.15) is 25.7 Å². The molecule has 0 spiro atoms. The first kappa shape index (κ1) is 14.3. The van der Waals surface area contributed by atoms with E-state index in [0.717, 1.165) is 37.9 Å². The maximum Gasteiger partial charge on any atom is 0.270 e. The van der Waals surface area contributed by atoms with Crippen LogP contribution in [0.2, 0.25) is 0 Å². The molecule has 104 valence electrons. The number of nitrogens with one attached hydrogen (secondary N) is 1. The monoisotopic (exact) mass is 328 g/mol. The van der Waals surface area contributed by atoms with Crippen molar-refractivity contribution in [3.8, 4) is 0 Å². The number of anilines is 1. The summed E-state index contributed by atoms with van der Waals surface area (Å²) in [5, 5.41) is 23.5. The quantitative estimate of drug-likeness (QED) is 0.656. The van der Waals surface area contributed by atoms with Gasteiger partial charge in [-0.1, -0.05) is 6.42 Å². The fourth-order valence-electron chi connectivity index (χ4n) is 2.46. The van der Waals surface area contributed by atoms with Gasteiger partial charge in [0.1, 0.15) is 0 Å². The highest BCUT2D eigenvalue weighted by molar-refractivity contribution is 9.10. The lowest BCUT2D eigenvalue weighted by molar-refractivity contribution is -0.384. The van der Waals surface area contributed by atoms with E-state index in [4.69, 9.17) is 0 Å². The van der Waals surface area contributed by atoms with Crippen LogP contribution in [0.5, 0.6) is 0 Å². The van der Waals surface area contributed by atoms with Crippen LogP contribution >= 0.6 is 15.9 Å². The van der Waals surface area contributed by atoms with Gasteiger partial charge in [0, 0.05) is 28.8 Å². The molecular formula is C13H17BrN2O3. The Morgan fingerprint density at radius 3 is 2.89 bits per heavy atom. The van der Waals surface area contributed by atoms with Gasteiger partial charge in [-0.3, -0.25) is 10.1 Å². The zero-order valence-corrected chi connectivity index (χ0v) is 12.1. The topological polar surface area (TPSA) is 75.4 Å². The summed E-state index contributed by atoms with van der Waals surface area (Å²) >= 11 is 3.34. The maximum atomic E-state index is 10.6. The number of benzene rings is 1. The molecule has 5 nitrogen and oxygen atoms in total. The second-order valence-electron chi connectivity index (χ2n) is 4.99. The maximum absolute atomic E-state index is 10.6. The molecule has 0 aliphatic heterocycles. The fraction of sp³-hybridized carbons (Fsp3) is 0.538. The van der Waals surface area contributed by atoms with Crippen molar-refractivity contribution in [3.05, 3.63) is 32.8 Å². The highest BCUT2D eigenvalue weighted by Gasteiger charge is 2.20. The number of nitrogens with zero attached hydrogens (tertiary/aromatic N) is 1. The molecule has 1 aliphatic carbocycles. The van der Waals surface area contributed by atoms with E-state index < -0.39 is 4.92 Å². The molecule has 0 heterocycles. The summed E-state index contributed by atoms with van der Waals surface area (Å²) in [6.45, 7) is 0.785. The Kier molecular flexibility index (Phi) is 4.76. The van der Waals surface area contributed by atoms with Crippen LogP contribution in [0.4, 0.5) is 11.4 Å². The second kappa shape index (κ2) is 6.34. The Bertz CT molecular complexity index is 467. The Labute approximate surface area is 120 Å². The molecule has 2 unspecified atom stereocenters. The normalized spacial score (nSPS) is 23.1. The predicted octanol–water partition coefficient (Wildman–Crippen LogP) is 3.32. The van der Waals surface area contributed by atoms with Gasteiger partial charge in [0.2, 0.25) is 0 Å². The predicted molar refractivity (Wildman–Crippen MR) is 77.3 cm³/mol. The van der Waals surface area contributed by atoms with Crippen LogP contribution in [0.3, 0.4) is 0 Å². The number of nitro benzene ring substituents is 1. The van der Waals surface area contributed by atoms with Crippen molar-refractivity contribution < 1.29 is 10.0 Å². The molecule has 0 saturated heterocycles. The summed E-state index contributed by atoms with van der Waals surface area (Å²) in [7, 11) is 0. The molecule has 0 aromatic heterocycles. The Morgan fingerprint density at radius 2 is 2.26 bits per heavy atom. The Hall–Kier alpha value is -1.14. The standard InChI is InChI=1S/C13H17BrN2O3/c14-12-7-10(16(18)19)4-5-13(12)15-8-9-2-1-3-11(17)6-9/h4-5,7,9,11,15,17H,1-3,6,8H2. The number of nitro groups is 1. The van der Waals surface area contributed by atoms with Crippen LogP contribution in [0.25, 0.3) is 0 Å². The van der Waals surface area contributed by atoms with Crippen molar-refractivity contribution in [1.29, 1.82) is 0 Å². The number of rotatable bonds is 4. The first-order valence-corrected chi connectivity index (χ1v) is 7.21. The summed E-state index contributed by atoms with van der Waals surface area (Å²) in [5.74, 6) is 0.464. The van der Waals surface area contributed by atoms with E-state index in [9.17, 15) is 15.2 Å². The van der Waals surface area contributed by atoms with E-state index >= 15 is 0 Å². The van der Waals surface area contributed by atoms with Gasteiger partial charge >= 0.3 is 0 Å². The first-order valence-electron chi connectivity index (χ1n) is 6.42. The lowest BCUT2D eigenvalue weighted by Gasteiger charge is -2.26. The van der Waals surface area contributed by atoms with Crippen LogP contribution in [-0.2, 0) is 0 Å². The van der Waals surface area contributed by atoms with Crippen LogP contribution in [0.15, 0.2) is 22.7 Å². The molecule has 1 aliphatic rings. The molecule has 6 heteroatoms. The minimum Gasteiger partial charge on any atom is -0.393 e. The SMILES string of the molecule is O=[N+]([O-])c1ccc(NCC2CCCC(O)C2)c(Br)c1. The lowest BCUT2D eigenvalue weighted by Crippen LogP contribution is -2.25. The van der Waals surface area contributed by atoms with E-state index in [1.807, 2.05) is 0 Å². The van der Waals surface area contributed by atoms with Gasteiger partial charge in [0.25, 0.3) is 5.69 Å². The summed E-state index contributed by atoms with van der Waals surface area (Å²) in [4.78, 5) is 10.2. The highest BCUT2D eigenvalue weighted by Crippen LogP contribution is 2.29. The molecule has 0 amide bonds. The minimum absolute atomic E-state index is 0.0745. The molecule has 1 saturated carbocycles.